The lowest BCUT2D eigenvalue weighted by molar-refractivity contribution is -0.122. The van der Waals surface area contributed by atoms with Gasteiger partial charge in [0.25, 0.3) is 0 Å². The van der Waals surface area contributed by atoms with Crippen LogP contribution in [0.5, 0.6) is 0 Å². The summed E-state index contributed by atoms with van der Waals surface area (Å²) in [5, 5.41) is 6.29. The van der Waals surface area contributed by atoms with Crippen LogP contribution in [0, 0.1) is 6.92 Å². The zero-order valence-corrected chi connectivity index (χ0v) is 11.8. The van der Waals surface area contributed by atoms with Crippen molar-refractivity contribution in [2.24, 2.45) is 0 Å². The first-order valence-corrected chi connectivity index (χ1v) is 6.62. The number of benzene rings is 1. The molecule has 1 aromatic rings. The average molecular weight is 248 g/mol. The van der Waals surface area contributed by atoms with E-state index in [0.29, 0.717) is 6.42 Å². The highest BCUT2D eigenvalue weighted by Crippen LogP contribution is 2.16. The van der Waals surface area contributed by atoms with E-state index >= 15 is 0 Å². The predicted molar refractivity (Wildman–Crippen MR) is 75.5 cm³/mol. The Bertz CT molecular complexity index is 390. The van der Waals surface area contributed by atoms with Gasteiger partial charge >= 0.3 is 0 Å². The third-order valence-electron chi connectivity index (χ3n) is 3.08. The lowest BCUT2D eigenvalue weighted by atomic mass is 10.0. The minimum Gasteiger partial charge on any atom is -0.350 e. The Morgan fingerprint density at radius 2 is 1.94 bits per heavy atom. The molecule has 0 aliphatic carbocycles. The lowest BCUT2D eigenvalue weighted by Gasteiger charge is -2.18. The van der Waals surface area contributed by atoms with E-state index in [9.17, 15) is 4.79 Å². The van der Waals surface area contributed by atoms with Crippen molar-refractivity contribution >= 4 is 5.91 Å². The van der Waals surface area contributed by atoms with Crippen LogP contribution in [0.1, 0.15) is 44.4 Å². The molecule has 2 atom stereocenters. The van der Waals surface area contributed by atoms with Crippen LogP contribution in [0.4, 0.5) is 0 Å². The van der Waals surface area contributed by atoms with Gasteiger partial charge < -0.3 is 10.6 Å². The number of hydrogen-bond donors (Lipinski definition) is 2. The molecule has 2 N–H and O–H groups in total. The fourth-order valence-corrected chi connectivity index (χ4v) is 2.15. The maximum Gasteiger partial charge on any atom is 0.222 e. The molecule has 0 fully saturated rings. The van der Waals surface area contributed by atoms with Gasteiger partial charge in [0, 0.05) is 12.5 Å². The Balaban J connectivity index is 2.52. The van der Waals surface area contributed by atoms with Gasteiger partial charge in [-0.2, -0.15) is 0 Å². The molecule has 3 heteroatoms. The van der Waals surface area contributed by atoms with Crippen molar-refractivity contribution < 1.29 is 4.79 Å². The molecule has 1 unspecified atom stereocenters. The van der Waals surface area contributed by atoms with Crippen LogP contribution in [0.2, 0.25) is 0 Å². The van der Waals surface area contributed by atoms with Crippen molar-refractivity contribution in [1.29, 1.82) is 0 Å². The second-order valence-corrected chi connectivity index (χ2v) is 4.81. The molecule has 0 saturated heterocycles. The van der Waals surface area contributed by atoms with Gasteiger partial charge in [0.15, 0.2) is 0 Å². The van der Waals surface area contributed by atoms with Crippen LogP contribution in [0.3, 0.4) is 0 Å². The Kier molecular flexibility index (Phi) is 5.86. The largest absolute Gasteiger partial charge is 0.350 e. The van der Waals surface area contributed by atoms with Crippen LogP contribution >= 0.6 is 0 Å². The Labute approximate surface area is 110 Å². The summed E-state index contributed by atoms with van der Waals surface area (Å²) >= 11 is 0. The number of rotatable bonds is 6. The highest BCUT2D eigenvalue weighted by Gasteiger charge is 2.13. The predicted octanol–water partition coefficient (Wildman–Crippen LogP) is 2.56. The summed E-state index contributed by atoms with van der Waals surface area (Å²) in [6.07, 6.45) is 0.518. The van der Waals surface area contributed by atoms with Crippen molar-refractivity contribution in [3.63, 3.8) is 0 Å². The van der Waals surface area contributed by atoms with Gasteiger partial charge in [0.2, 0.25) is 5.91 Å². The SMILES string of the molecule is CCNC(C)CC(=O)N[C@H](C)c1ccccc1C. The molecule has 18 heavy (non-hydrogen) atoms. The van der Waals surface area contributed by atoms with Gasteiger partial charge in [-0.15, -0.1) is 0 Å². The quantitative estimate of drug-likeness (QED) is 0.812. The molecule has 1 aromatic carbocycles. The summed E-state index contributed by atoms with van der Waals surface area (Å²) in [4.78, 5) is 11.9. The van der Waals surface area contributed by atoms with Gasteiger partial charge in [-0.1, -0.05) is 31.2 Å². The van der Waals surface area contributed by atoms with Gasteiger partial charge in [0.05, 0.1) is 6.04 Å². The molecule has 100 valence electrons. The molecule has 3 nitrogen and oxygen atoms in total. The first kappa shape index (κ1) is 14.7. The van der Waals surface area contributed by atoms with E-state index in [4.69, 9.17) is 0 Å². The molecule has 0 bridgehead atoms. The Morgan fingerprint density at radius 1 is 1.28 bits per heavy atom. The molecule has 0 radical (unpaired) electrons. The van der Waals surface area contributed by atoms with E-state index in [1.807, 2.05) is 32.9 Å². The van der Waals surface area contributed by atoms with Crippen molar-refractivity contribution in [1.82, 2.24) is 10.6 Å². The molecule has 0 saturated carbocycles. The van der Waals surface area contributed by atoms with E-state index in [1.54, 1.807) is 0 Å². The first-order valence-electron chi connectivity index (χ1n) is 6.62. The minimum atomic E-state index is 0.0625. The number of carbonyl (C=O) groups excluding carboxylic acids is 1. The maximum absolute atomic E-state index is 11.9. The number of aryl methyl sites for hydroxylation is 1. The van der Waals surface area contributed by atoms with Gasteiger partial charge in [-0.3, -0.25) is 4.79 Å². The summed E-state index contributed by atoms with van der Waals surface area (Å²) in [6.45, 7) is 9.06. The monoisotopic (exact) mass is 248 g/mol. The fourth-order valence-electron chi connectivity index (χ4n) is 2.15. The van der Waals surface area contributed by atoms with Crippen molar-refractivity contribution in [3.05, 3.63) is 35.4 Å². The molecule has 0 aliphatic heterocycles. The smallest absolute Gasteiger partial charge is 0.222 e. The summed E-state index contributed by atoms with van der Waals surface area (Å²) in [5.74, 6) is 0.0965. The Morgan fingerprint density at radius 3 is 2.56 bits per heavy atom. The lowest BCUT2D eigenvalue weighted by Crippen LogP contribution is -2.34. The number of hydrogen-bond acceptors (Lipinski definition) is 2. The molecule has 0 aromatic heterocycles. The fraction of sp³-hybridized carbons (Fsp3) is 0.533. The maximum atomic E-state index is 11.9. The van der Waals surface area contributed by atoms with Crippen molar-refractivity contribution in [3.8, 4) is 0 Å². The molecule has 1 rings (SSSR count). The summed E-state index contributed by atoms with van der Waals surface area (Å²) in [6, 6.07) is 8.44. The number of carbonyl (C=O) groups is 1. The number of amides is 1. The zero-order chi connectivity index (χ0) is 13.5. The minimum absolute atomic E-state index is 0.0625. The molecular weight excluding hydrogens is 224 g/mol. The van der Waals surface area contributed by atoms with Gasteiger partial charge in [0.1, 0.15) is 0 Å². The summed E-state index contributed by atoms with van der Waals surface area (Å²) in [7, 11) is 0. The normalized spacial score (nSPS) is 14.0. The zero-order valence-electron chi connectivity index (χ0n) is 11.8. The highest BCUT2D eigenvalue weighted by atomic mass is 16.1. The third kappa shape index (κ3) is 4.49. The molecule has 1 amide bonds. The van der Waals surface area contributed by atoms with Crippen LogP contribution < -0.4 is 10.6 Å². The second kappa shape index (κ2) is 7.17. The molecular formula is C15H24N2O. The highest BCUT2D eigenvalue weighted by molar-refractivity contribution is 5.77. The van der Waals surface area contributed by atoms with Crippen LogP contribution in [-0.4, -0.2) is 18.5 Å². The van der Waals surface area contributed by atoms with E-state index in [1.165, 1.54) is 11.1 Å². The van der Waals surface area contributed by atoms with Crippen LogP contribution in [-0.2, 0) is 4.79 Å². The van der Waals surface area contributed by atoms with E-state index in [0.717, 1.165) is 6.54 Å². The molecule has 0 heterocycles. The van der Waals surface area contributed by atoms with Gasteiger partial charge in [-0.05, 0) is 38.4 Å². The van der Waals surface area contributed by atoms with E-state index in [2.05, 4.69) is 29.7 Å². The van der Waals surface area contributed by atoms with Gasteiger partial charge in [-0.25, -0.2) is 0 Å². The summed E-state index contributed by atoms with van der Waals surface area (Å²) < 4.78 is 0. The van der Waals surface area contributed by atoms with E-state index < -0.39 is 0 Å². The van der Waals surface area contributed by atoms with E-state index in [-0.39, 0.29) is 18.0 Å². The second-order valence-electron chi connectivity index (χ2n) is 4.81. The van der Waals surface area contributed by atoms with Crippen LogP contribution in [0.15, 0.2) is 24.3 Å². The van der Waals surface area contributed by atoms with Crippen molar-refractivity contribution in [2.45, 2.75) is 46.2 Å². The van der Waals surface area contributed by atoms with Crippen molar-refractivity contribution in [2.75, 3.05) is 6.54 Å². The Hall–Kier alpha value is -1.35. The third-order valence-corrected chi connectivity index (χ3v) is 3.08. The summed E-state index contributed by atoms with van der Waals surface area (Å²) in [5.41, 5.74) is 2.40. The average Bonchev–Trinajstić information content (AvgIpc) is 2.29. The topological polar surface area (TPSA) is 41.1 Å². The van der Waals surface area contributed by atoms with Crippen LogP contribution in [0.25, 0.3) is 0 Å². The number of nitrogens with one attached hydrogen (secondary N) is 2. The standard InChI is InChI=1S/C15H24N2O/c1-5-16-12(3)10-15(18)17-13(4)14-9-7-6-8-11(14)2/h6-9,12-13,16H,5,10H2,1-4H3,(H,17,18)/t12?,13-/m1/s1. The molecule has 0 spiro atoms. The first-order chi connectivity index (χ1) is 8.54. The molecule has 0 aliphatic rings.